The second-order valence-electron chi connectivity index (χ2n) is 9.88. The molecular formula is C27H30N2O3S. The second-order valence-corrected chi connectivity index (χ2v) is 11.6. The minimum Gasteiger partial charge on any atom is -0.507 e. The van der Waals surface area contributed by atoms with Crippen molar-refractivity contribution in [3.05, 3.63) is 77.9 Å². The van der Waals surface area contributed by atoms with Gasteiger partial charge < -0.3 is 10.4 Å². The zero-order valence-corrected chi connectivity index (χ0v) is 19.8. The first-order valence-electron chi connectivity index (χ1n) is 11.5. The van der Waals surface area contributed by atoms with Crippen LogP contribution in [0.15, 0.2) is 71.6 Å². The van der Waals surface area contributed by atoms with E-state index in [4.69, 9.17) is 0 Å². The van der Waals surface area contributed by atoms with E-state index in [-0.39, 0.29) is 23.2 Å². The molecule has 1 heterocycles. The van der Waals surface area contributed by atoms with Crippen molar-refractivity contribution in [3.8, 4) is 16.9 Å². The summed E-state index contributed by atoms with van der Waals surface area (Å²) in [6, 6.07) is 21.2. The molecule has 172 valence electrons. The van der Waals surface area contributed by atoms with Gasteiger partial charge in [-0.05, 0) is 71.7 Å². The van der Waals surface area contributed by atoms with Crippen LogP contribution >= 0.6 is 0 Å². The van der Waals surface area contributed by atoms with Crippen LogP contribution in [0.25, 0.3) is 11.1 Å². The largest absolute Gasteiger partial charge is 0.507 e. The van der Waals surface area contributed by atoms with Gasteiger partial charge in [-0.2, -0.15) is 0 Å². The molecule has 5 rings (SSSR count). The molecule has 3 aromatic carbocycles. The van der Waals surface area contributed by atoms with Crippen LogP contribution in [-0.4, -0.2) is 19.6 Å². The monoisotopic (exact) mass is 462 g/mol. The molecule has 0 saturated heterocycles. The summed E-state index contributed by atoms with van der Waals surface area (Å²) in [6.45, 7) is 4.34. The molecule has 0 bridgehead atoms. The van der Waals surface area contributed by atoms with E-state index in [1.807, 2.05) is 42.5 Å². The van der Waals surface area contributed by atoms with Gasteiger partial charge in [-0.15, -0.1) is 0 Å². The molecule has 33 heavy (non-hydrogen) atoms. The molecule has 0 aromatic heterocycles. The van der Waals surface area contributed by atoms with Crippen LogP contribution < -0.4 is 10.0 Å². The van der Waals surface area contributed by atoms with Gasteiger partial charge >= 0.3 is 0 Å². The molecule has 3 N–H and O–H groups in total. The van der Waals surface area contributed by atoms with Gasteiger partial charge in [0.25, 0.3) is 0 Å². The number of benzene rings is 3. The molecular weight excluding hydrogens is 432 g/mol. The van der Waals surface area contributed by atoms with Gasteiger partial charge in [0.2, 0.25) is 10.0 Å². The topological polar surface area (TPSA) is 78.4 Å². The summed E-state index contributed by atoms with van der Waals surface area (Å²) in [7, 11) is -3.51. The third kappa shape index (κ3) is 4.25. The summed E-state index contributed by atoms with van der Waals surface area (Å²) in [6.07, 6.45) is 3.74. The van der Waals surface area contributed by atoms with E-state index in [0.717, 1.165) is 53.6 Å². The summed E-state index contributed by atoms with van der Waals surface area (Å²) < 4.78 is 28.6. The van der Waals surface area contributed by atoms with Gasteiger partial charge in [-0.1, -0.05) is 56.7 Å². The van der Waals surface area contributed by atoms with Crippen molar-refractivity contribution in [2.45, 2.75) is 61.9 Å². The first-order chi connectivity index (χ1) is 15.7. The molecule has 1 aliphatic carbocycles. The molecule has 0 spiro atoms. The highest BCUT2D eigenvalue weighted by atomic mass is 32.2. The number of sulfonamides is 1. The number of anilines is 1. The summed E-state index contributed by atoms with van der Waals surface area (Å²) in [5.74, 6) is 0.265. The first-order valence-corrected chi connectivity index (χ1v) is 13.0. The zero-order chi connectivity index (χ0) is 23.2. The van der Waals surface area contributed by atoms with E-state index >= 15 is 0 Å². The van der Waals surface area contributed by atoms with E-state index in [9.17, 15) is 13.5 Å². The van der Waals surface area contributed by atoms with E-state index in [2.05, 4.69) is 36.0 Å². The van der Waals surface area contributed by atoms with Crippen LogP contribution in [-0.2, 0) is 15.4 Å². The van der Waals surface area contributed by atoms with Gasteiger partial charge in [-0.25, -0.2) is 13.1 Å². The minimum atomic E-state index is -3.51. The Balaban J connectivity index is 1.45. The molecule has 1 aliphatic heterocycles. The van der Waals surface area contributed by atoms with Crippen LogP contribution in [0.5, 0.6) is 5.75 Å². The van der Waals surface area contributed by atoms with Crippen molar-refractivity contribution < 1.29 is 13.5 Å². The van der Waals surface area contributed by atoms with Gasteiger partial charge in [-0.3, -0.25) is 0 Å². The number of hydrogen-bond donors (Lipinski definition) is 3. The van der Waals surface area contributed by atoms with Crippen molar-refractivity contribution in [2.75, 3.05) is 5.32 Å². The molecule has 5 nitrogen and oxygen atoms in total. The van der Waals surface area contributed by atoms with E-state index in [0.29, 0.717) is 4.90 Å². The van der Waals surface area contributed by atoms with E-state index in [1.165, 1.54) is 0 Å². The Morgan fingerprint density at radius 1 is 1.00 bits per heavy atom. The lowest BCUT2D eigenvalue weighted by Gasteiger charge is -2.39. The number of rotatable bonds is 5. The highest BCUT2D eigenvalue weighted by Gasteiger charge is 2.35. The SMILES string of the molecule is CC1(C)CC(c2cccc(-c3ccccc3O)c2)Nc2ccc(S(=O)(=O)NC3CCC3)cc21. The molecule has 2 aliphatic rings. The molecule has 1 saturated carbocycles. The molecule has 0 radical (unpaired) electrons. The molecule has 0 amide bonds. The standard InChI is InChI=1S/C27H30N2O3S/c1-27(2)17-25(19-8-5-7-18(15-19)22-11-3-4-12-26(22)30)28-24-14-13-21(16-23(24)27)33(31,32)29-20-9-6-10-20/h3-5,7-8,11-16,20,25,28-30H,6,9-10,17H2,1-2H3. The maximum absolute atomic E-state index is 12.9. The molecule has 3 aromatic rings. The van der Waals surface area contributed by atoms with Crippen molar-refractivity contribution >= 4 is 15.7 Å². The zero-order valence-electron chi connectivity index (χ0n) is 19.0. The number of phenols is 1. The van der Waals surface area contributed by atoms with Crippen LogP contribution in [0.3, 0.4) is 0 Å². The number of phenolic OH excluding ortho intramolecular Hbond substituents is 1. The fraction of sp³-hybridized carbons (Fsp3) is 0.333. The highest BCUT2D eigenvalue weighted by Crippen LogP contribution is 2.45. The van der Waals surface area contributed by atoms with Crippen molar-refractivity contribution in [1.82, 2.24) is 4.72 Å². The summed E-state index contributed by atoms with van der Waals surface area (Å²) in [5, 5.41) is 13.9. The Morgan fingerprint density at radius 2 is 1.79 bits per heavy atom. The molecule has 1 fully saturated rings. The van der Waals surface area contributed by atoms with E-state index < -0.39 is 10.0 Å². The van der Waals surface area contributed by atoms with Gasteiger partial charge in [0.15, 0.2) is 0 Å². The van der Waals surface area contributed by atoms with Crippen molar-refractivity contribution in [1.29, 1.82) is 0 Å². The average Bonchev–Trinajstić information content (AvgIpc) is 2.76. The smallest absolute Gasteiger partial charge is 0.240 e. The Labute approximate surface area is 195 Å². The van der Waals surface area contributed by atoms with Gasteiger partial charge in [0, 0.05) is 17.3 Å². The predicted molar refractivity (Wildman–Crippen MR) is 132 cm³/mol. The number of nitrogens with one attached hydrogen (secondary N) is 2. The Morgan fingerprint density at radius 3 is 2.52 bits per heavy atom. The van der Waals surface area contributed by atoms with Crippen LogP contribution in [0, 0.1) is 0 Å². The molecule has 6 heteroatoms. The fourth-order valence-corrected chi connectivity index (χ4v) is 6.22. The first kappa shape index (κ1) is 22.0. The maximum atomic E-state index is 12.9. The quantitative estimate of drug-likeness (QED) is 0.453. The lowest BCUT2D eigenvalue weighted by Crippen LogP contribution is -2.39. The Bertz CT molecular complexity index is 1300. The summed E-state index contributed by atoms with van der Waals surface area (Å²) in [4.78, 5) is 0.336. The summed E-state index contributed by atoms with van der Waals surface area (Å²) in [5.41, 5.74) is 4.69. The van der Waals surface area contributed by atoms with Crippen LogP contribution in [0.4, 0.5) is 5.69 Å². The van der Waals surface area contributed by atoms with Crippen molar-refractivity contribution in [2.24, 2.45) is 0 Å². The van der Waals surface area contributed by atoms with Crippen molar-refractivity contribution in [3.63, 3.8) is 0 Å². The van der Waals surface area contributed by atoms with Gasteiger partial charge in [0.05, 0.1) is 10.9 Å². The number of hydrogen-bond acceptors (Lipinski definition) is 4. The lowest BCUT2D eigenvalue weighted by atomic mass is 9.74. The molecule has 1 unspecified atom stereocenters. The summed E-state index contributed by atoms with van der Waals surface area (Å²) >= 11 is 0. The normalized spacial score (nSPS) is 19.9. The minimum absolute atomic E-state index is 0.0675. The number of para-hydroxylation sites is 1. The number of aromatic hydroxyl groups is 1. The van der Waals surface area contributed by atoms with E-state index in [1.54, 1.807) is 12.1 Å². The third-order valence-corrected chi connectivity index (χ3v) is 8.52. The van der Waals surface area contributed by atoms with Crippen LogP contribution in [0.1, 0.15) is 56.7 Å². The third-order valence-electron chi connectivity index (χ3n) is 7.01. The lowest BCUT2D eigenvalue weighted by molar-refractivity contribution is 0.383. The predicted octanol–water partition coefficient (Wildman–Crippen LogP) is 5.72. The van der Waals surface area contributed by atoms with Crippen LogP contribution in [0.2, 0.25) is 0 Å². The number of fused-ring (bicyclic) bond motifs is 1. The molecule has 1 atom stereocenters. The second kappa shape index (κ2) is 8.19. The average molecular weight is 463 g/mol. The Hall–Kier alpha value is -2.83. The Kier molecular flexibility index (Phi) is 5.46. The highest BCUT2D eigenvalue weighted by molar-refractivity contribution is 7.89. The van der Waals surface area contributed by atoms with Gasteiger partial charge in [0.1, 0.15) is 5.75 Å². The maximum Gasteiger partial charge on any atom is 0.240 e. The fourth-order valence-electron chi connectivity index (χ4n) is 4.89.